The minimum atomic E-state index is -1.83. The van der Waals surface area contributed by atoms with Gasteiger partial charge >= 0.3 is 21.7 Å². The van der Waals surface area contributed by atoms with Gasteiger partial charge in [0.05, 0.1) is 72.7 Å². The first-order valence-corrected chi connectivity index (χ1v) is 23.5. The number of carboxylic acid groups (broad SMARTS) is 4. The Morgan fingerprint density at radius 2 is 0.493 bits per heavy atom. The molecule has 8 unspecified atom stereocenters. The second-order valence-corrected chi connectivity index (χ2v) is 19.4. The van der Waals surface area contributed by atoms with Crippen LogP contribution in [0, 0.1) is 0 Å². The molecule has 0 aromatic carbocycles. The van der Waals surface area contributed by atoms with E-state index in [4.69, 9.17) is 37.9 Å². The van der Waals surface area contributed by atoms with Gasteiger partial charge in [-0.15, -0.1) is 0 Å². The molecule has 0 amide bonds. The van der Waals surface area contributed by atoms with Crippen molar-refractivity contribution in [2.45, 2.75) is 258 Å². The van der Waals surface area contributed by atoms with Crippen LogP contribution >= 0.6 is 0 Å². The van der Waals surface area contributed by atoms with Crippen LogP contribution in [0.2, 0.25) is 0 Å². The summed E-state index contributed by atoms with van der Waals surface area (Å²) >= 11 is 0. The maximum absolute atomic E-state index is 12.1. The van der Waals surface area contributed by atoms with Gasteiger partial charge in [0, 0.05) is 0 Å². The van der Waals surface area contributed by atoms with E-state index in [1.807, 2.05) is 0 Å². The molecule has 8 atom stereocenters. The standard InChI is InChI=1S/4C12H20O5.Ti/c4*1-7(2)16-9-5-6-12(10(9)13,11(14)15)17-8(3)4;/h4*7-9H,5-6H2,1-4H3,(H,14,15);/q;;;;+4/p-4. The number of Topliss-reactive ketones (excluding diaryl/α,β-unsaturated/α-hetero) is 4. The van der Waals surface area contributed by atoms with Crippen molar-refractivity contribution in [3.63, 3.8) is 0 Å². The third kappa shape index (κ3) is 17.6. The summed E-state index contributed by atoms with van der Waals surface area (Å²) in [5, 5.41) is 44.8. The van der Waals surface area contributed by atoms with Gasteiger partial charge in [-0.1, -0.05) is 0 Å². The average molecular weight is 1020 g/mol. The second-order valence-electron chi connectivity index (χ2n) is 19.4. The van der Waals surface area contributed by atoms with E-state index in [2.05, 4.69) is 0 Å². The zero-order valence-electron chi connectivity index (χ0n) is 43.3. The van der Waals surface area contributed by atoms with E-state index in [-0.39, 0.29) is 96.2 Å². The topological polar surface area (TPSA) is 303 Å². The van der Waals surface area contributed by atoms with E-state index < -0.39 is 93.8 Å². The van der Waals surface area contributed by atoms with E-state index in [0.29, 0.717) is 25.7 Å². The summed E-state index contributed by atoms with van der Waals surface area (Å²) in [6.07, 6.45) is -2.82. The van der Waals surface area contributed by atoms with Crippen molar-refractivity contribution in [3.8, 4) is 0 Å². The van der Waals surface area contributed by atoms with Crippen LogP contribution in [-0.4, -0.2) is 143 Å². The largest absolute Gasteiger partial charge is 4.00 e. The molecule has 4 rings (SSSR count). The molecule has 0 N–H and O–H groups in total. The summed E-state index contributed by atoms with van der Waals surface area (Å²) in [4.78, 5) is 93.0. The normalized spacial score (nSPS) is 28.9. The number of ether oxygens (including phenoxy) is 8. The molecule has 0 heterocycles. The predicted octanol–water partition coefficient (Wildman–Crippen LogP) is 0.224. The molecule has 0 bridgehead atoms. The quantitative estimate of drug-likeness (QED) is 0.116. The van der Waals surface area contributed by atoms with Gasteiger partial charge in [0.15, 0.2) is 45.5 Å². The number of hydrogen-bond acceptors (Lipinski definition) is 20. The maximum Gasteiger partial charge on any atom is 4.00 e. The SMILES string of the molecule is CC(C)OC1CCC(OC(C)C)(C(=O)[O-])C1=O.CC(C)OC1CCC(OC(C)C)(C(=O)[O-])C1=O.CC(C)OC1CCC(OC(C)C)(C(=O)[O-])C1=O.CC(C)OC1CCC(OC(C)C)(C(=O)[O-])C1=O.[Ti+4]. The zero-order chi connectivity index (χ0) is 52.9. The zero-order valence-corrected chi connectivity index (χ0v) is 44.8. The number of carbonyl (C=O) groups excluding carboxylic acids is 8. The number of hydrogen-bond donors (Lipinski definition) is 0. The Morgan fingerprint density at radius 1 is 0.348 bits per heavy atom. The molecule has 4 saturated carbocycles. The van der Waals surface area contributed by atoms with Crippen LogP contribution in [0.25, 0.3) is 0 Å². The fourth-order valence-electron chi connectivity index (χ4n) is 8.31. The first-order valence-electron chi connectivity index (χ1n) is 23.5. The number of ketones is 4. The van der Waals surface area contributed by atoms with E-state index in [0.717, 1.165) is 0 Å². The van der Waals surface area contributed by atoms with Gasteiger partial charge in [-0.25, -0.2) is 0 Å². The van der Waals surface area contributed by atoms with E-state index in [1.165, 1.54) is 0 Å². The van der Waals surface area contributed by atoms with Crippen LogP contribution in [0.4, 0.5) is 0 Å². The third-order valence-electron chi connectivity index (χ3n) is 10.6. The molecule has 4 aliphatic carbocycles. The van der Waals surface area contributed by atoms with Crippen molar-refractivity contribution >= 4 is 47.0 Å². The van der Waals surface area contributed by atoms with Crippen LogP contribution in [-0.2, 0) is 98.0 Å². The van der Waals surface area contributed by atoms with Gasteiger partial charge in [0.1, 0.15) is 24.4 Å². The van der Waals surface area contributed by atoms with Crippen LogP contribution in [0.15, 0.2) is 0 Å². The second kappa shape index (κ2) is 28.3. The van der Waals surface area contributed by atoms with Crippen molar-refractivity contribution in [1.29, 1.82) is 0 Å². The molecule has 0 aliphatic heterocycles. The minimum Gasteiger partial charge on any atom is -0.546 e. The monoisotopic (exact) mass is 1020 g/mol. The summed E-state index contributed by atoms with van der Waals surface area (Å²) < 4.78 is 42.7. The molecule has 0 radical (unpaired) electrons. The van der Waals surface area contributed by atoms with Crippen molar-refractivity contribution in [3.05, 3.63) is 0 Å². The van der Waals surface area contributed by atoms with Crippen molar-refractivity contribution < 1.29 is 118 Å². The molecule has 21 heteroatoms. The summed E-state index contributed by atoms with van der Waals surface area (Å²) in [6, 6.07) is 0. The van der Waals surface area contributed by atoms with Crippen LogP contribution in [0.5, 0.6) is 0 Å². The smallest absolute Gasteiger partial charge is 0.546 e. The average Bonchev–Trinajstić information content (AvgIpc) is 3.87. The van der Waals surface area contributed by atoms with Crippen LogP contribution in [0.3, 0.4) is 0 Å². The molecule has 4 aliphatic rings. The van der Waals surface area contributed by atoms with Gasteiger partial charge in [-0.2, -0.15) is 0 Å². The summed E-state index contributed by atoms with van der Waals surface area (Å²) in [5.74, 6) is -7.98. The fourth-order valence-corrected chi connectivity index (χ4v) is 8.31. The number of carboxylic acids is 4. The van der Waals surface area contributed by atoms with Crippen molar-refractivity contribution in [2.24, 2.45) is 0 Å². The van der Waals surface area contributed by atoms with E-state index >= 15 is 0 Å². The number of rotatable bonds is 20. The Kier molecular flexibility index (Phi) is 27.0. The van der Waals surface area contributed by atoms with E-state index in [1.54, 1.807) is 111 Å². The fraction of sp³-hybridized carbons (Fsp3) is 0.833. The minimum absolute atomic E-state index is 0. The van der Waals surface area contributed by atoms with Gasteiger partial charge in [-0.3, -0.25) is 19.2 Å². The maximum atomic E-state index is 12.1. The Hall–Kier alpha value is -3.05. The molecule has 4 fully saturated rings. The molecule has 0 spiro atoms. The molecule has 392 valence electrons. The molecular weight excluding hydrogens is 944 g/mol. The summed E-state index contributed by atoms with van der Waals surface area (Å²) in [7, 11) is 0. The summed E-state index contributed by atoms with van der Waals surface area (Å²) in [6.45, 7) is 27.9. The first kappa shape index (κ1) is 66.0. The van der Waals surface area contributed by atoms with Gasteiger partial charge in [0.2, 0.25) is 0 Å². The van der Waals surface area contributed by atoms with Gasteiger partial charge in [0.25, 0.3) is 0 Å². The molecule has 0 aromatic rings. The molecule has 69 heavy (non-hydrogen) atoms. The Bertz CT molecular complexity index is 1500. The Balaban J connectivity index is 0.000000889. The molecule has 0 aromatic heterocycles. The van der Waals surface area contributed by atoms with Gasteiger partial charge < -0.3 is 77.5 Å². The molecule has 0 saturated heterocycles. The van der Waals surface area contributed by atoms with Crippen molar-refractivity contribution in [2.75, 3.05) is 0 Å². The van der Waals surface area contributed by atoms with Gasteiger partial charge in [-0.05, 0) is 162 Å². The van der Waals surface area contributed by atoms with Crippen molar-refractivity contribution in [1.82, 2.24) is 0 Å². The third-order valence-corrected chi connectivity index (χ3v) is 10.6. The number of aliphatic carboxylic acids is 4. The molecule has 20 nitrogen and oxygen atoms in total. The Morgan fingerprint density at radius 3 is 0.594 bits per heavy atom. The van der Waals surface area contributed by atoms with E-state index in [9.17, 15) is 58.8 Å². The predicted molar refractivity (Wildman–Crippen MR) is 233 cm³/mol. The molecular formula is C48H76O20Ti. The Labute approximate surface area is 421 Å². The summed E-state index contributed by atoms with van der Waals surface area (Å²) in [5.41, 5.74) is -7.30. The van der Waals surface area contributed by atoms with Crippen LogP contribution < -0.4 is 20.4 Å². The van der Waals surface area contributed by atoms with Crippen LogP contribution in [0.1, 0.15) is 162 Å². The first-order chi connectivity index (χ1) is 31.2. The number of carbonyl (C=O) groups is 8.